The molecule has 1 heterocycles. The van der Waals surface area contributed by atoms with Gasteiger partial charge in [-0.2, -0.15) is 5.10 Å². The lowest BCUT2D eigenvalue weighted by atomic mass is 10.0. The minimum absolute atomic E-state index is 0.127. The predicted molar refractivity (Wildman–Crippen MR) is 85.5 cm³/mol. The molecule has 1 aromatic heterocycles. The Labute approximate surface area is 130 Å². The summed E-state index contributed by atoms with van der Waals surface area (Å²) in [4.78, 5) is 0. The molecule has 0 amide bonds. The maximum Gasteiger partial charge on any atom is 0.0834 e. The van der Waals surface area contributed by atoms with E-state index in [0.717, 1.165) is 18.5 Å². The SMILES string of the molecule is COCCn1ncc(Cl)c1C(N)CCc1ccc(C)cc1. The third kappa shape index (κ3) is 4.30. The van der Waals surface area contributed by atoms with E-state index in [9.17, 15) is 0 Å². The molecule has 0 aliphatic heterocycles. The van der Waals surface area contributed by atoms with E-state index in [1.54, 1.807) is 13.3 Å². The highest BCUT2D eigenvalue weighted by Crippen LogP contribution is 2.24. The van der Waals surface area contributed by atoms with Gasteiger partial charge in [0.05, 0.1) is 30.1 Å². The van der Waals surface area contributed by atoms with Crippen molar-refractivity contribution in [3.63, 3.8) is 0 Å². The third-order valence-corrected chi connectivity index (χ3v) is 3.85. The Hall–Kier alpha value is -1.36. The van der Waals surface area contributed by atoms with Crippen molar-refractivity contribution in [3.05, 3.63) is 52.3 Å². The van der Waals surface area contributed by atoms with Crippen LogP contribution < -0.4 is 5.73 Å². The van der Waals surface area contributed by atoms with Gasteiger partial charge >= 0.3 is 0 Å². The van der Waals surface area contributed by atoms with E-state index in [2.05, 4.69) is 36.3 Å². The Bertz CT molecular complexity index is 565. The van der Waals surface area contributed by atoms with Gasteiger partial charge in [-0.1, -0.05) is 41.4 Å². The predicted octanol–water partition coefficient (Wildman–Crippen LogP) is 3.12. The van der Waals surface area contributed by atoms with Gasteiger partial charge in [-0.3, -0.25) is 4.68 Å². The van der Waals surface area contributed by atoms with E-state index in [0.29, 0.717) is 18.2 Å². The standard InChI is InChI=1S/C16H22ClN3O/c1-12-3-5-13(6-4-12)7-8-15(18)16-14(17)11-19-20(16)9-10-21-2/h3-6,11,15H,7-10,18H2,1-2H3. The van der Waals surface area contributed by atoms with Gasteiger partial charge in [0, 0.05) is 13.2 Å². The van der Waals surface area contributed by atoms with Crippen LogP contribution in [0.2, 0.25) is 5.02 Å². The summed E-state index contributed by atoms with van der Waals surface area (Å²) >= 11 is 6.22. The largest absolute Gasteiger partial charge is 0.383 e. The molecule has 114 valence electrons. The average Bonchev–Trinajstić information content (AvgIpc) is 2.85. The first-order valence-corrected chi connectivity index (χ1v) is 7.51. The summed E-state index contributed by atoms with van der Waals surface area (Å²) in [5.74, 6) is 0. The molecular formula is C16H22ClN3O. The van der Waals surface area contributed by atoms with E-state index < -0.39 is 0 Å². The number of nitrogens with zero attached hydrogens (tertiary/aromatic N) is 2. The van der Waals surface area contributed by atoms with Crippen molar-refractivity contribution >= 4 is 11.6 Å². The molecule has 21 heavy (non-hydrogen) atoms. The van der Waals surface area contributed by atoms with Gasteiger partial charge in [-0.05, 0) is 25.3 Å². The smallest absolute Gasteiger partial charge is 0.0834 e. The molecule has 0 saturated heterocycles. The second-order valence-corrected chi connectivity index (χ2v) is 5.63. The Balaban J connectivity index is 2.01. The van der Waals surface area contributed by atoms with Crippen molar-refractivity contribution in [2.45, 2.75) is 32.4 Å². The fourth-order valence-corrected chi connectivity index (χ4v) is 2.59. The number of aromatic nitrogens is 2. The van der Waals surface area contributed by atoms with Crippen molar-refractivity contribution < 1.29 is 4.74 Å². The Morgan fingerprint density at radius 1 is 1.33 bits per heavy atom. The molecule has 1 unspecified atom stereocenters. The van der Waals surface area contributed by atoms with Crippen LogP contribution in [0.25, 0.3) is 0 Å². The van der Waals surface area contributed by atoms with Gasteiger partial charge in [-0.25, -0.2) is 0 Å². The summed E-state index contributed by atoms with van der Waals surface area (Å²) < 4.78 is 6.92. The number of benzene rings is 1. The molecule has 0 aliphatic rings. The number of aryl methyl sites for hydroxylation is 2. The molecule has 0 bridgehead atoms. The Kier molecular flexibility index (Phi) is 5.79. The van der Waals surface area contributed by atoms with Crippen LogP contribution in [0.15, 0.2) is 30.5 Å². The van der Waals surface area contributed by atoms with Crippen molar-refractivity contribution in [1.29, 1.82) is 0 Å². The van der Waals surface area contributed by atoms with Crippen LogP contribution in [0.1, 0.15) is 29.3 Å². The fourth-order valence-electron chi connectivity index (χ4n) is 2.31. The van der Waals surface area contributed by atoms with Gasteiger partial charge in [0.25, 0.3) is 0 Å². The molecular weight excluding hydrogens is 286 g/mol. The van der Waals surface area contributed by atoms with E-state index in [1.165, 1.54) is 11.1 Å². The van der Waals surface area contributed by atoms with Crippen LogP contribution in [0.5, 0.6) is 0 Å². The van der Waals surface area contributed by atoms with Gasteiger partial charge in [0.2, 0.25) is 0 Å². The van der Waals surface area contributed by atoms with Gasteiger partial charge in [-0.15, -0.1) is 0 Å². The molecule has 0 spiro atoms. The van der Waals surface area contributed by atoms with E-state index >= 15 is 0 Å². The lowest BCUT2D eigenvalue weighted by Crippen LogP contribution is -2.19. The zero-order valence-corrected chi connectivity index (χ0v) is 13.3. The van der Waals surface area contributed by atoms with Crippen LogP contribution in [-0.4, -0.2) is 23.5 Å². The van der Waals surface area contributed by atoms with Crippen LogP contribution in [0.3, 0.4) is 0 Å². The monoisotopic (exact) mass is 307 g/mol. The molecule has 1 aromatic carbocycles. The fraction of sp³-hybridized carbons (Fsp3) is 0.438. The molecule has 0 aliphatic carbocycles. The van der Waals surface area contributed by atoms with Gasteiger partial charge in [0.1, 0.15) is 0 Å². The summed E-state index contributed by atoms with van der Waals surface area (Å²) in [7, 11) is 1.67. The molecule has 0 radical (unpaired) electrons. The van der Waals surface area contributed by atoms with Crippen molar-refractivity contribution in [2.75, 3.05) is 13.7 Å². The lowest BCUT2D eigenvalue weighted by Gasteiger charge is -2.15. The molecule has 4 nitrogen and oxygen atoms in total. The van der Waals surface area contributed by atoms with Crippen molar-refractivity contribution in [2.24, 2.45) is 5.73 Å². The molecule has 2 aromatic rings. The quantitative estimate of drug-likeness (QED) is 0.855. The minimum atomic E-state index is -0.127. The van der Waals surface area contributed by atoms with E-state index in [1.807, 2.05) is 4.68 Å². The highest BCUT2D eigenvalue weighted by atomic mass is 35.5. The molecule has 2 N–H and O–H groups in total. The second-order valence-electron chi connectivity index (χ2n) is 5.22. The molecule has 0 fully saturated rings. The maximum atomic E-state index is 6.30. The highest BCUT2D eigenvalue weighted by molar-refractivity contribution is 6.31. The lowest BCUT2D eigenvalue weighted by molar-refractivity contribution is 0.182. The summed E-state index contributed by atoms with van der Waals surface area (Å²) in [6, 6.07) is 8.41. The summed E-state index contributed by atoms with van der Waals surface area (Å²) in [6.45, 7) is 3.34. The molecule has 2 rings (SSSR count). The number of nitrogens with two attached hydrogens (primary N) is 1. The topological polar surface area (TPSA) is 53.1 Å². The number of ether oxygens (including phenoxy) is 1. The zero-order chi connectivity index (χ0) is 15.2. The number of hydrogen-bond acceptors (Lipinski definition) is 3. The van der Waals surface area contributed by atoms with Crippen molar-refractivity contribution in [3.8, 4) is 0 Å². The number of hydrogen-bond donors (Lipinski definition) is 1. The van der Waals surface area contributed by atoms with E-state index in [4.69, 9.17) is 22.1 Å². The molecule has 5 heteroatoms. The molecule has 1 atom stereocenters. The van der Waals surface area contributed by atoms with Crippen LogP contribution >= 0.6 is 11.6 Å². The first kappa shape index (κ1) is 16.0. The number of methoxy groups -OCH3 is 1. The maximum absolute atomic E-state index is 6.30. The average molecular weight is 308 g/mol. The van der Waals surface area contributed by atoms with E-state index in [-0.39, 0.29) is 6.04 Å². The van der Waals surface area contributed by atoms with Crippen molar-refractivity contribution in [1.82, 2.24) is 9.78 Å². The Morgan fingerprint density at radius 2 is 2.05 bits per heavy atom. The summed E-state index contributed by atoms with van der Waals surface area (Å²) in [5, 5.41) is 4.89. The Morgan fingerprint density at radius 3 is 2.71 bits per heavy atom. The minimum Gasteiger partial charge on any atom is -0.383 e. The molecule has 0 saturated carbocycles. The van der Waals surface area contributed by atoms with Gasteiger partial charge in [0.15, 0.2) is 0 Å². The normalized spacial score (nSPS) is 12.6. The van der Waals surface area contributed by atoms with Crippen LogP contribution in [0.4, 0.5) is 0 Å². The first-order valence-electron chi connectivity index (χ1n) is 7.13. The van der Waals surface area contributed by atoms with Crippen LogP contribution in [0, 0.1) is 6.92 Å². The summed E-state index contributed by atoms with van der Waals surface area (Å²) in [5.41, 5.74) is 9.75. The number of halogens is 1. The highest BCUT2D eigenvalue weighted by Gasteiger charge is 2.16. The summed E-state index contributed by atoms with van der Waals surface area (Å²) in [6.07, 6.45) is 3.41. The second kappa shape index (κ2) is 7.59. The first-order chi connectivity index (χ1) is 10.1. The van der Waals surface area contributed by atoms with Crippen LogP contribution in [-0.2, 0) is 17.7 Å². The number of rotatable bonds is 7. The van der Waals surface area contributed by atoms with Gasteiger partial charge < -0.3 is 10.5 Å². The zero-order valence-electron chi connectivity index (χ0n) is 12.6. The third-order valence-electron chi connectivity index (χ3n) is 3.56.